The number of methoxy groups -OCH3 is 3. The van der Waals surface area contributed by atoms with Crippen molar-refractivity contribution in [2.75, 3.05) is 71.6 Å². The van der Waals surface area contributed by atoms with Gasteiger partial charge in [0.25, 0.3) is 5.91 Å². The van der Waals surface area contributed by atoms with Crippen LogP contribution in [0.25, 0.3) is 10.8 Å². The Hall–Kier alpha value is -5.96. The molecule has 14 nitrogen and oxygen atoms in total. The molecule has 0 bridgehead atoms. The molecule has 1 aromatic heterocycles. The average molecular weight is 768 g/mol. The van der Waals surface area contributed by atoms with Gasteiger partial charge in [-0.1, -0.05) is 45.0 Å². The van der Waals surface area contributed by atoms with Gasteiger partial charge in [-0.05, 0) is 52.9 Å². The number of aromatic nitrogens is 2. The van der Waals surface area contributed by atoms with Crippen LogP contribution in [0.1, 0.15) is 48.1 Å². The van der Waals surface area contributed by atoms with Gasteiger partial charge in [0.15, 0.2) is 5.75 Å². The molecule has 0 unspecified atom stereocenters. The highest BCUT2D eigenvalue weighted by Gasteiger charge is 2.23. The highest BCUT2D eigenvalue weighted by molar-refractivity contribution is 6.09. The van der Waals surface area contributed by atoms with E-state index in [2.05, 4.69) is 20.6 Å². The summed E-state index contributed by atoms with van der Waals surface area (Å²) < 4.78 is 39.2. The number of primary amides is 1. The van der Waals surface area contributed by atoms with Crippen molar-refractivity contribution in [3.8, 4) is 28.9 Å². The Morgan fingerprint density at radius 3 is 2.14 bits per heavy atom. The van der Waals surface area contributed by atoms with E-state index in [0.29, 0.717) is 86.4 Å². The van der Waals surface area contributed by atoms with Crippen LogP contribution in [-0.4, -0.2) is 82.9 Å². The molecule has 0 fully saturated rings. The number of hydrogen-bond donors (Lipinski definition) is 3. The minimum atomic E-state index is -0.664. The van der Waals surface area contributed by atoms with Crippen LogP contribution < -0.4 is 35.3 Å². The number of urea groups is 1. The molecule has 56 heavy (non-hydrogen) atoms. The number of rotatable bonds is 19. The van der Waals surface area contributed by atoms with Gasteiger partial charge in [-0.3, -0.25) is 4.79 Å². The van der Waals surface area contributed by atoms with Gasteiger partial charge in [0.2, 0.25) is 5.88 Å². The summed E-state index contributed by atoms with van der Waals surface area (Å²) >= 11 is 0. The first-order valence-corrected chi connectivity index (χ1v) is 18.1. The summed E-state index contributed by atoms with van der Waals surface area (Å²) in [6, 6.07) is 21.3. The molecule has 5 aromatic rings. The number of carbonyl (C=O) groups excluding carboxylic acids is 2. The summed E-state index contributed by atoms with van der Waals surface area (Å²) in [6.07, 6.45) is 2.03. The van der Waals surface area contributed by atoms with Gasteiger partial charge in [-0.15, -0.1) is 0 Å². The van der Waals surface area contributed by atoms with Crippen molar-refractivity contribution < 1.29 is 42.7 Å². The summed E-state index contributed by atoms with van der Waals surface area (Å²) in [5, 5.41) is 7.23. The van der Waals surface area contributed by atoms with Crippen molar-refractivity contribution in [1.29, 1.82) is 0 Å². The summed E-state index contributed by atoms with van der Waals surface area (Å²) in [4.78, 5) is 34.9. The third-order valence-corrected chi connectivity index (χ3v) is 8.54. The van der Waals surface area contributed by atoms with Crippen molar-refractivity contribution in [2.24, 2.45) is 5.73 Å². The Balaban J connectivity index is 1.27. The first-order valence-electron chi connectivity index (χ1n) is 18.1. The normalized spacial score (nSPS) is 11.2. The van der Waals surface area contributed by atoms with E-state index in [1.54, 1.807) is 50.7 Å². The molecule has 0 spiro atoms. The van der Waals surface area contributed by atoms with Crippen molar-refractivity contribution in [1.82, 2.24) is 9.97 Å². The number of benzene rings is 4. The molecule has 0 aliphatic heterocycles. The van der Waals surface area contributed by atoms with E-state index in [1.807, 2.05) is 63.2 Å². The average Bonchev–Trinajstić information content (AvgIpc) is 3.17. The molecule has 0 aliphatic carbocycles. The van der Waals surface area contributed by atoms with E-state index in [4.69, 9.17) is 38.9 Å². The molecule has 1 heterocycles. The second-order valence-corrected chi connectivity index (χ2v) is 13.6. The van der Waals surface area contributed by atoms with E-state index in [-0.39, 0.29) is 16.7 Å². The lowest BCUT2D eigenvalue weighted by atomic mass is 9.85. The maximum Gasteiger partial charge on any atom is 0.323 e. The predicted molar refractivity (Wildman–Crippen MR) is 214 cm³/mol. The zero-order valence-electron chi connectivity index (χ0n) is 32.6. The van der Waals surface area contributed by atoms with Gasteiger partial charge in [0, 0.05) is 42.6 Å². The number of hydrogen-bond acceptors (Lipinski definition) is 11. The molecule has 5 rings (SSSR count). The maximum atomic E-state index is 13.4. The van der Waals surface area contributed by atoms with Gasteiger partial charge < -0.3 is 49.5 Å². The van der Waals surface area contributed by atoms with Crippen LogP contribution in [0.15, 0.2) is 79.0 Å². The highest BCUT2D eigenvalue weighted by atomic mass is 16.6. The number of ether oxygens (including phenoxy) is 7. The summed E-state index contributed by atoms with van der Waals surface area (Å²) in [7, 11) is 4.65. The number of nitrogens with two attached hydrogens (primary N) is 1. The number of nitrogens with one attached hydrogen (secondary N) is 2. The van der Waals surface area contributed by atoms with Crippen molar-refractivity contribution >= 4 is 34.1 Å². The minimum Gasteiger partial charge on any atom is -0.497 e. The van der Waals surface area contributed by atoms with Crippen LogP contribution in [-0.2, 0) is 26.0 Å². The molecule has 4 aromatic carbocycles. The number of anilines is 2. The summed E-state index contributed by atoms with van der Waals surface area (Å²) in [5.41, 5.74) is 8.05. The lowest BCUT2D eigenvalue weighted by Crippen LogP contribution is -2.23. The number of nitrogens with zero attached hydrogens (tertiary/aromatic N) is 2. The zero-order chi connectivity index (χ0) is 40.1. The molecule has 0 radical (unpaired) electrons. The van der Waals surface area contributed by atoms with Crippen molar-refractivity contribution in [3.63, 3.8) is 0 Å². The second-order valence-electron chi connectivity index (χ2n) is 13.6. The molecular formula is C42H49N5O9. The van der Waals surface area contributed by atoms with E-state index >= 15 is 0 Å². The second kappa shape index (κ2) is 19.6. The Bertz CT molecular complexity index is 2120. The van der Waals surface area contributed by atoms with Gasteiger partial charge in [0.1, 0.15) is 29.7 Å². The predicted octanol–water partition coefficient (Wildman–Crippen LogP) is 7.13. The van der Waals surface area contributed by atoms with Crippen LogP contribution in [0, 0.1) is 0 Å². The first kappa shape index (κ1) is 41.2. The highest BCUT2D eigenvalue weighted by Crippen LogP contribution is 2.37. The van der Waals surface area contributed by atoms with Crippen LogP contribution in [0.3, 0.4) is 0 Å². The van der Waals surface area contributed by atoms with Crippen LogP contribution in [0.2, 0.25) is 0 Å². The molecule has 296 valence electrons. The maximum absolute atomic E-state index is 13.4. The topological polar surface area (TPSA) is 175 Å². The zero-order valence-corrected chi connectivity index (χ0v) is 32.6. The molecule has 3 amide bonds. The van der Waals surface area contributed by atoms with E-state index in [9.17, 15) is 9.59 Å². The fourth-order valence-corrected chi connectivity index (χ4v) is 5.74. The standard InChI is InChI=1S/C42H49N5O9/c1-42(2,3)28-24-33(40(43)48)39(52-6)35(25-28)46-41(49)45-34-11-12-36(32-10-8-7-9-31(32)34)56-38-13-14-44-37(47-38)23-27-21-29(51-5)26-30(22-27)55-20-19-54-18-17-53-16-15-50-4/h7-14,21-22,24-26H,15-20,23H2,1-6H3,(H2,43,48)(H2,45,46,49). The fraction of sp³-hybridized carbons (Fsp3) is 0.333. The summed E-state index contributed by atoms with van der Waals surface area (Å²) in [6.45, 7) is 8.78. The molecule has 4 N–H and O–H groups in total. The molecular weight excluding hydrogens is 718 g/mol. The first-order chi connectivity index (χ1) is 27.0. The third-order valence-electron chi connectivity index (χ3n) is 8.54. The van der Waals surface area contributed by atoms with E-state index < -0.39 is 11.9 Å². The van der Waals surface area contributed by atoms with Crippen molar-refractivity contribution in [3.05, 3.63) is 102 Å². The largest absolute Gasteiger partial charge is 0.497 e. The van der Waals surface area contributed by atoms with Crippen LogP contribution in [0.5, 0.6) is 28.9 Å². The Morgan fingerprint density at radius 2 is 1.45 bits per heavy atom. The van der Waals surface area contributed by atoms with Gasteiger partial charge in [-0.25, -0.2) is 9.78 Å². The van der Waals surface area contributed by atoms with E-state index in [0.717, 1.165) is 21.9 Å². The summed E-state index contributed by atoms with van der Waals surface area (Å²) in [5.74, 6) is 2.19. The lowest BCUT2D eigenvalue weighted by Gasteiger charge is -2.23. The Labute approximate surface area is 326 Å². The number of amides is 3. The molecule has 0 atom stereocenters. The van der Waals surface area contributed by atoms with Crippen LogP contribution in [0.4, 0.5) is 16.2 Å². The van der Waals surface area contributed by atoms with Gasteiger partial charge >= 0.3 is 6.03 Å². The third kappa shape index (κ3) is 11.3. The monoisotopic (exact) mass is 767 g/mol. The van der Waals surface area contributed by atoms with Gasteiger partial charge in [-0.2, -0.15) is 4.98 Å². The molecule has 14 heteroatoms. The Kier molecular flexibility index (Phi) is 14.4. The van der Waals surface area contributed by atoms with Gasteiger partial charge in [0.05, 0.1) is 64.2 Å². The Morgan fingerprint density at radius 1 is 0.750 bits per heavy atom. The molecule has 0 saturated heterocycles. The fourth-order valence-electron chi connectivity index (χ4n) is 5.74. The van der Waals surface area contributed by atoms with Crippen LogP contribution >= 0.6 is 0 Å². The van der Waals surface area contributed by atoms with E-state index in [1.165, 1.54) is 7.11 Å². The SMILES string of the molecule is COCCOCCOCCOc1cc(Cc2nccc(Oc3ccc(NC(=O)Nc4cc(C(C)(C)C)cc(C(N)=O)c4OC)c4ccccc34)n2)cc(OC)c1. The minimum absolute atomic E-state index is 0.172. The smallest absolute Gasteiger partial charge is 0.323 e. The molecule has 0 aliphatic rings. The number of carbonyl (C=O) groups is 2. The lowest BCUT2D eigenvalue weighted by molar-refractivity contribution is 0.0179. The number of fused-ring (bicyclic) bond motifs is 1. The van der Waals surface area contributed by atoms with Crippen molar-refractivity contribution in [2.45, 2.75) is 32.6 Å². The quantitative estimate of drug-likeness (QED) is 0.0730. The molecule has 0 saturated carbocycles.